The molecule has 0 unspecified atom stereocenters. The van der Waals surface area contributed by atoms with Crippen LogP contribution in [-0.4, -0.2) is 37.1 Å². The van der Waals surface area contributed by atoms with E-state index < -0.39 is 5.60 Å². The number of hydrogen-bond donors (Lipinski definition) is 0. The normalized spacial score (nSPS) is 27.7. The van der Waals surface area contributed by atoms with E-state index in [2.05, 4.69) is 53.4 Å². The minimum absolute atomic E-state index is 0.0358. The molecule has 1 aliphatic carbocycles. The molecule has 0 aromatic heterocycles. The van der Waals surface area contributed by atoms with Crippen molar-refractivity contribution in [3.8, 4) is 0 Å². The first kappa shape index (κ1) is 16.3. The second-order valence-corrected chi connectivity index (χ2v) is 7.69. The Morgan fingerprint density at radius 2 is 1.80 bits per heavy atom. The Morgan fingerprint density at radius 1 is 1.08 bits per heavy atom. The molecule has 2 aliphatic rings. The van der Waals surface area contributed by atoms with Gasteiger partial charge in [-0.3, -0.25) is 4.79 Å². The molecule has 3 heteroatoms. The molecule has 0 bridgehead atoms. The fourth-order valence-corrected chi connectivity index (χ4v) is 4.71. The van der Waals surface area contributed by atoms with Crippen molar-refractivity contribution < 1.29 is 9.53 Å². The smallest absolute Gasteiger partial charge is 0.311 e. The zero-order chi connectivity index (χ0) is 17.4. The monoisotopic (exact) mass is 335 g/mol. The Bertz CT molecular complexity index is 771. The average Bonchev–Trinajstić information content (AvgIpc) is 2.87. The first-order valence-electron chi connectivity index (χ1n) is 9.08. The molecule has 1 saturated heterocycles. The first-order chi connectivity index (χ1) is 12.1. The molecule has 3 nitrogen and oxygen atoms in total. The summed E-state index contributed by atoms with van der Waals surface area (Å²) in [5.41, 5.74) is 3.51. The van der Waals surface area contributed by atoms with Gasteiger partial charge in [-0.15, -0.1) is 0 Å². The maximum Gasteiger partial charge on any atom is 0.311 e. The number of esters is 1. The highest BCUT2D eigenvalue weighted by Gasteiger charge is 2.57. The summed E-state index contributed by atoms with van der Waals surface area (Å²) in [4.78, 5) is 14.9. The van der Waals surface area contributed by atoms with Gasteiger partial charge in [0.15, 0.2) is 0 Å². The van der Waals surface area contributed by atoms with Gasteiger partial charge in [0, 0.05) is 18.9 Å². The molecule has 3 atom stereocenters. The highest BCUT2D eigenvalue weighted by molar-refractivity contribution is 5.78. The molecule has 1 aliphatic heterocycles. The molecule has 1 heterocycles. The van der Waals surface area contributed by atoms with Crippen molar-refractivity contribution in [2.75, 3.05) is 20.6 Å². The third kappa shape index (κ3) is 2.87. The van der Waals surface area contributed by atoms with Gasteiger partial charge in [-0.05, 0) is 43.6 Å². The average molecular weight is 335 g/mol. The molecule has 0 N–H and O–H groups in total. The molecular weight excluding hydrogens is 310 g/mol. The molecule has 0 radical (unpaired) electrons. The minimum atomic E-state index is -0.409. The van der Waals surface area contributed by atoms with E-state index in [1.165, 1.54) is 16.7 Å². The highest BCUT2D eigenvalue weighted by Crippen LogP contribution is 2.52. The van der Waals surface area contributed by atoms with Gasteiger partial charge >= 0.3 is 5.97 Å². The van der Waals surface area contributed by atoms with Gasteiger partial charge in [-0.25, -0.2) is 0 Å². The lowest BCUT2D eigenvalue weighted by molar-refractivity contribution is -0.151. The number of fused-ring (bicyclic) bond motifs is 3. The third-order valence-electron chi connectivity index (χ3n) is 5.69. The maximum absolute atomic E-state index is 12.8. The molecule has 0 spiro atoms. The van der Waals surface area contributed by atoms with Crippen LogP contribution >= 0.6 is 0 Å². The second kappa shape index (κ2) is 6.30. The zero-order valence-electron chi connectivity index (χ0n) is 14.9. The van der Waals surface area contributed by atoms with E-state index in [-0.39, 0.29) is 17.8 Å². The molecular formula is C22H25NO2. The number of carbonyl (C=O) groups excluding carboxylic acids is 1. The lowest BCUT2D eigenvalue weighted by Crippen LogP contribution is -2.42. The SMILES string of the molecule is CN(C)C[C@H]1C(=O)O[C@@]2(Cc3ccccc3)CCc3ccccc3[C@@H]12. The van der Waals surface area contributed by atoms with Crippen molar-refractivity contribution >= 4 is 5.97 Å². The van der Waals surface area contributed by atoms with E-state index >= 15 is 0 Å². The van der Waals surface area contributed by atoms with Crippen LogP contribution in [0.4, 0.5) is 0 Å². The van der Waals surface area contributed by atoms with Gasteiger partial charge in [-0.2, -0.15) is 0 Å². The van der Waals surface area contributed by atoms with Crippen LogP contribution in [0.25, 0.3) is 0 Å². The molecule has 0 amide bonds. The second-order valence-electron chi connectivity index (χ2n) is 7.69. The zero-order valence-corrected chi connectivity index (χ0v) is 14.9. The van der Waals surface area contributed by atoms with E-state index in [9.17, 15) is 4.79 Å². The predicted octanol–water partition coefficient (Wildman–Crippen LogP) is 3.43. The van der Waals surface area contributed by atoms with Crippen molar-refractivity contribution in [1.29, 1.82) is 0 Å². The van der Waals surface area contributed by atoms with Crippen LogP contribution in [0.2, 0.25) is 0 Å². The molecule has 2 aromatic rings. The van der Waals surface area contributed by atoms with Gasteiger partial charge in [-0.1, -0.05) is 54.6 Å². The standard InChI is InChI=1S/C22H25NO2/c1-23(2)15-19-20-18-11-7-6-10-17(18)12-13-22(20,25-21(19)24)14-16-8-4-3-5-9-16/h3-11,19-20H,12-15H2,1-2H3/t19-,20+,22-/m1/s1. The fraction of sp³-hybridized carbons (Fsp3) is 0.409. The molecule has 0 saturated carbocycles. The molecule has 4 rings (SSSR count). The van der Waals surface area contributed by atoms with E-state index in [1.54, 1.807) is 0 Å². The van der Waals surface area contributed by atoms with Crippen LogP contribution in [0.15, 0.2) is 54.6 Å². The number of ether oxygens (including phenoxy) is 1. The first-order valence-corrected chi connectivity index (χ1v) is 9.08. The Balaban J connectivity index is 1.78. The van der Waals surface area contributed by atoms with Crippen LogP contribution < -0.4 is 0 Å². The van der Waals surface area contributed by atoms with Gasteiger partial charge in [0.2, 0.25) is 0 Å². The van der Waals surface area contributed by atoms with Crippen molar-refractivity contribution in [2.45, 2.75) is 30.8 Å². The van der Waals surface area contributed by atoms with Crippen LogP contribution in [0.1, 0.15) is 29.0 Å². The number of hydrogen-bond acceptors (Lipinski definition) is 3. The number of benzene rings is 2. The Labute approximate surface area is 149 Å². The van der Waals surface area contributed by atoms with Crippen molar-refractivity contribution in [1.82, 2.24) is 4.90 Å². The number of aryl methyl sites for hydroxylation is 1. The van der Waals surface area contributed by atoms with Gasteiger partial charge in [0.25, 0.3) is 0 Å². The molecule has 2 aromatic carbocycles. The number of rotatable bonds is 4. The number of carbonyl (C=O) groups is 1. The summed E-state index contributed by atoms with van der Waals surface area (Å²) < 4.78 is 6.16. The van der Waals surface area contributed by atoms with Crippen molar-refractivity contribution in [2.24, 2.45) is 5.92 Å². The van der Waals surface area contributed by atoms with Crippen molar-refractivity contribution in [3.63, 3.8) is 0 Å². The van der Waals surface area contributed by atoms with Crippen molar-refractivity contribution in [3.05, 3.63) is 71.3 Å². The maximum atomic E-state index is 12.8. The largest absolute Gasteiger partial charge is 0.458 e. The lowest BCUT2D eigenvalue weighted by atomic mass is 9.66. The van der Waals surface area contributed by atoms with Gasteiger partial charge in [0.05, 0.1) is 5.92 Å². The fourth-order valence-electron chi connectivity index (χ4n) is 4.71. The quantitative estimate of drug-likeness (QED) is 0.802. The van der Waals surface area contributed by atoms with Crippen LogP contribution in [-0.2, 0) is 22.4 Å². The minimum Gasteiger partial charge on any atom is -0.458 e. The molecule has 1 fully saturated rings. The van der Waals surface area contributed by atoms with E-state index in [1.807, 2.05) is 20.2 Å². The lowest BCUT2D eigenvalue weighted by Gasteiger charge is -2.40. The summed E-state index contributed by atoms with van der Waals surface area (Å²) in [5.74, 6) is -0.000877. The van der Waals surface area contributed by atoms with Crippen LogP contribution in [0.5, 0.6) is 0 Å². The molecule has 25 heavy (non-hydrogen) atoms. The molecule has 130 valence electrons. The summed E-state index contributed by atoms with van der Waals surface area (Å²) in [6.45, 7) is 0.731. The van der Waals surface area contributed by atoms with E-state index in [0.29, 0.717) is 0 Å². The van der Waals surface area contributed by atoms with Gasteiger partial charge in [0.1, 0.15) is 5.60 Å². The van der Waals surface area contributed by atoms with Gasteiger partial charge < -0.3 is 9.64 Å². The highest BCUT2D eigenvalue weighted by atomic mass is 16.6. The Hall–Kier alpha value is -2.13. The third-order valence-corrected chi connectivity index (χ3v) is 5.69. The number of nitrogens with zero attached hydrogens (tertiary/aromatic N) is 1. The van der Waals surface area contributed by atoms with E-state index in [4.69, 9.17) is 4.74 Å². The Kier molecular flexibility index (Phi) is 4.12. The summed E-state index contributed by atoms with van der Waals surface area (Å²) in [6, 6.07) is 19.0. The van der Waals surface area contributed by atoms with Crippen LogP contribution in [0, 0.1) is 5.92 Å². The summed E-state index contributed by atoms with van der Waals surface area (Å²) in [6.07, 6.45) is 2.67. The van der Waals surface area contributed by atoms with E-state index in [0.717, 1.165) is 25.8 Å². The Morgan fingerprint density at radius 3 is 2.56 bits per heavy atom. The summed E-state index contributed by atoms with van der Waals surface area (Å²) >= 11 is 0. The topological polar surface area (TPSA) is 29.5 Å². The van der Waals surface area contributed by atoms with Crippen LogP contribution in [0.3, 0.4) is 0 Å². The predicted molar refractivity (Wildman–Crippen MR) is 98.5 cm³/mol. The summed E-state index contributed by atoms with van der Waals surface area (Å²) in [5, 5.41) is 0. The summed E-state index contributed by atoms with van der Waals surface area (Å²) in [7, 11) is 4.05.